The Morgan fingerprint density at radius 2 is 2.08 bits per heavy atom. The van der Waals surface area contributed by atoms with Gasteiger partial charge in [-0.25, -0.2) is 9.67 Å². The molecule has 0 amide bonds. The van der Waals surface area contributed by atoms with Crippen molar-refractivity contribution in [3.8, 4) is 0 Å². The maximum absolute atomic E-state index is 11.9. The van der Waals surface area contributed by atoms with Crippen LogP contribution >= 0.6 is 0 Å². The summed E-state index contributed by atoms with van der Waals surface area (Å²) in [4.78, 5) is 13.0. The summed E-state index contributed by atoms with van der Waals surface area (Å²) in [6.07, 6.45) is -4.39. The lowest BCUT2D eigenvalue weighted by atomic mass is 10.6. The molecule has 7 heteroatoms. The normalized spacial score (nSPS) is 11.7. The van der Waals surface area contributed by atoms with E-state index in [2.05, 4.69) is 10.1 Å². The maximum atomic E-state index is 11.9. The number of carbonyl (C=O) groups excluding carboxylic acids is 1. The Hall–Kier alpha value is -1.40. The van der Waals surface area contributed by atoms with Crippen LogP contribution in [-0.2, 0) is 13.2 Å². The van der Waals surface area contributed by atoms with Crippen molar-refractivity contribution >= 4 is 6.29 Å². The summed E-state index contributed by atoms with van der Waals surface area (Å²) >= 11 is 0. The van der Waals surface area contributed by atoms with Crippen LogP contribution in [0.1, 0.15) is 16.4 Å². The van der Waals surface area contributed by atoms with Gasteiger partial charge in [-0.15, -0.1) is 5.10 Å². The van der Waals surface area contributed by atoms with Crippen LogP contribution in [0.5, 0.6) is 0 Å². The molecule has 0 bridgehead atoms. The standard InChI is InChI=1S/C5H4F3N3O/c1-11-3(2-12)9-4(10-11)5(6,7)8/h2H,1H3. The summed E-state index contributed by atoms with van der Waals surface area (Å²) in [7, 11) is 1.21. The summed E-state index contributed by atoms with van der Waals surface area (Å²) in [5, 5.41) is 3.00. The second kappa shape index (κ2) is 2.58. The summed E-state index contributed by atoms with van der Waals surface area (Å²) in [6, 6.07) is 0. The molecule has 0 spiro atoms. The molecule has 0 radical (unpaired) electrons. The number of aldehydes is 1. The molecule has 12 heavy (non-hydrogen) atoms. The van der Waals surface area contributed by atoms with Crippen molar-refractivity contribution in [3.05, 3.63) is 11.6 Å². The molecule has 0 saturated heterocycles. The summed E-state index contributed by atoms with van der Waals surface area (Å²) in [6.45, 7) is 0. The van der Waals surface area contributed by atoms with Gasteiger partial charge in [0.25, 0.3) is 5.82 Å². The molecule has 1 rings (SSSR count). The van der Waals surface area contributed by atoms with Crippen molar-refractivity contribution < 1.29 is 18.0 Å². The van der Waals surface area contributed by atoms with Gasteiger partial charge in [0, 0.05) is 7.05 Å². The zero-order chi connectivity index (χ0) is 9.35. The summed E-state index contributed by atoms with van der Waals surface area (Å²) < 4.78 is 36.4. The summed E-state index contributed by atoms with van der Waals surface area (Å²) in [5.74, 6) is -1.64. The highest BCUT2D eigenvalue weighted by Crippen LogP contribution is 2.25. The van der Waals surface area contributed by atoms with E-state index >= 15 is 0 Å². The van der Waals surface area contributed by atoms with E-state index in [9.17, 15) is 18.0 Å². The monoisotopic (exact) mass is 179 g/mol. The van der Waals surface area contributed by atoms with E-state index in [0.29, 0.717) is 0 Å². The van der Waals surface area contributed by atoms with E-state index in [-0.39, 0.29) is 12.1 Å². The minimum Gasteiger partial charge on any atom is -0.294 e. The first kappa shape index (κ1) is 8.69. The molecule has 1 heterocycles. The number of hydrogen-bond donors (Lipinski definition) is 0. The smallest absolute Gasteiger partial charge is 0.294 e. The first-order valence-electron chi connectivity index (χ1n) is 2.88. The molecule has 0 fully saturated rings. The SMILES string of the molecule is Cn1nc(C(F)(F)F)nc1C=O. The second-order valence-corrected chi connectivity index (χ2v) is 2.03. The Balaban J connectivity index is 3.13. The topological polar surface area (TPSA) is 47.8 Å². The average molecular weight is 179 g/mol. The number of hydrogen-bond acceptors (Lipinski definition) is 3. The number of alkyl halides is 3. The Morgan fingerprint density at radius 3 is 2.33 bits per heavy atom. The van der Waals surface area contributed by atoms with Crippen LogP contribution in [0.25, 0.3) is 0 Å². The molecule has 0 aliphatic heterocycles. The van der Waals surface area contributed by atoms with Gasteiger partial charge in [-0.1, -0.05) is 0 Å². The lowest BCUT2D eigenvalue weighted by molar-refractivity contribution is -0.144. The first-order chi connectivity index (χ1) is 5.45. The van der Waals surface area contributed by atoms with E-state index in [4.69, 9.17) is 0 Å². The van der Waals surface area contributed by atoms with Crippen LogP contribution in [0.4, 0.5) is 13.2 Å². The number of aromatic nitrogens is 3. The van der Waals surface area contributed by atoms with Gasteiger partial charge in [0.05, 0.1) is 0 Å². The molecule has 0 unspecified atom stereocenters. The molecule has 0 aliphatic rings. The van der Waals surface area contributed by atoms with Gasteiger partial charge >= 0.3 is 6.18 Å². The Kier molecular flexibility index (Phi) is 1.87. The number of halogens is 3. The third-order valence-electron chi connectivity index (χ3n) is 1.16. The molecule has 1 aromatic heterocycles. The number of nitrogens with zero attached hydrogens (tertiary/aromatic N) is 3. The number of aryl methyl sites for hydroxylation is 1. The van der Waals surface area contributed by atoms with Crippen LogP contribution in [-0.4, -0.2) is 21.1 Å². The molecule has 0 atom stereocenters. The Bertz CT molecular complexity index is 303. The van der Waals surface area contributed by atoms with Gasteiger partial charge in [-0.3, -0.25) is 4.79 Å². The van der Waals surface area contributed by atoms with Crippen molar-refractivity contribution in [2.75, 3.05) is 0 Å². The highest BCUT2D eigenvalue weighted by atomic mass is 19.4. The fourth-order valence-corrected chi connectivity index (χ4v) is 0.619. The Labute approximate surface area is 65.0 Å². The van der Waals surface area contributed by atoms with Gasteiger partial charge < -0.3 is 0 Å². The van der Waals surface area contributed by atoms with Gasteiger partial charge in [0.15, 0.2) is 12.1 Å². The Morgan fingerprint density at radius 1 is 1.50 bits per heavy atom. The third-order valence-corrected chi connectivity index (χ3v) is 1.16. The molecule has 66 valence electrons. The number of rotatable bonds is 1. The van der Waals surface area contributed by atoms with Gasteiger partial charge in [-0.2, -0.15) is 13.2 Å². The van der Waals surface area contributed by atoms with Gasteiger partial charge in [-0.05, 0) is 0 Å². The highest BCUT2D eigenvalue weighted by molar-refractivity contribution is 5.68. The van der Waals surface area contributed by atoms with Crippen molar-refractivity contribution in [1.29, 1.82) is 0 Å². The van der Waals surface area contributed by atoms with Crippen LogP contribution in [0, 0.1) is 0 Å². The minimum absolute atomic E-state index is 0.211. The second-order valence-electron chi connectivity index (χ2n) is 2.03. The lowest BCUT2D eigenvalue weighted by Crippen LogP contribution is -2.08. The van der Waals surface area contributed by atoms with Crippen molar-refractivity contribution in [2.45, 2.75) is 6.18 Å². The van der Waals surface area contributed by atoms with E-state index in [1.807, 2.05) is 0 Å². The lowest BCUT2D eigenvalue weighted by Gasteiger charge is -1.97. The van der Waals surface area contributed by atoms with Crippen LogP contribution in [0.15, 0.2) is 0 Å². The maximum Gasteiger partial charge on any atom is 0.453 e. The molecule has 0 N–H and O–H groups in total. The molecule has 4 nitrogen and oxygen atoms in total. The fraction of sp³-hybridized carbons (Fsp3) is 0.400. The third kappa shape index (κ3) is 1.44. The average Bonchev–Trinajstić information content (AvgIpc) is 2.29. The van der Waals surface area contributed by atoms with Crippen LogP contribution < -0.4 is 0 Å². The predicted octanol–water partition coefficient (Wildman–Crippen LogP) is 0.646. The predicted molar refractivity (Wildman–Crippen MR) is 31.4 cm³/mol. The molecule has 0 aromatic carbocycles. The fourth-order valence-electron chi connectivity index (χ4n) is 0.619. The number of carbonyl (C=O) groups is 1. The van der Waals surface area contributed by atoms with Crippen molar-refractivity contribution in [3.63, 3.8) is 0 Å². The summed E-state index contributed by atoms with van der Waals surface area (Å²) in [5.41, 5.74) is 0. The van der Waals surface area contributed by atoms with Gasteiger partial charge in [0.1, 0.15) is 0 Å². The quantitative estimate of drug-likeness (QED) is 0.594. The molecule has 0 aliphatic carbocycles. The molecular formula is C5H4F3N3O. The largest absolute Gasteiger partial charge is 0.453 e. The van der Waals surface area contributed by atoms with E-state index < -0.39 is 12.0 Å². The molecular weight excluding hydrogens is 175 g/mol. The zero-order valence-electron chi connectivity index (χ0n) is 5.96. The molecule has 0 saturated carbocycles. The van der Waals surface area contributed by atoms with E-state index in [1.54, 1.807) is 0 Å². The van der Waals surface area contributed by atoms with Crippen molar-refractivity contribution in [2.24, 2.45) is 7.05 Å². The van der Waals surface area contributed by atoms with E-state index in [1.165, 1.54) is 7.05 Å². The van der Waals surface area contributed by atoms with Crippen molar-refractivity contribution in [1.82, 2.24) is 14.8 Å². The minimum atomic E-state index is -4.60. The highest BCUT2D eigenvalue weighted by Gasteiger charge is 2.36. The van der Waals surface area contributed by atoms with Crippen LogP contribution in [0.2, 0.25) is 0 Å². The van der Waals surface area contributed by atoms with Gasteiger partial charge in [0.2, 0.25) is 0 Å². The first-order valence-corrected chi connectivity index (χ1v) is 2.88. The van der Waals surface area contributed by atoms with E-state index in [0.717, 1.165) is 4.68 Å². The zero-order valence-corrected chi connectivity index (χ0v) is 5.96. The molecule has 1 aromatic rings. The van der Waals surface area contributed by atoms with Crippen LogP contribution in [0.3, 0.4) is 0 Å².